The van der Waals surface area contributed by atoms with Crippen LogP contribution in [-0.4, -0.2) is 18.0 Å². The van der Waals surface area contributed by atoms with E-state index < -0.39 is 0 Å². The highest BCUT2D eigenvalue weighted by molar-refractivity contribution is 5.83. The van der Waals surface area contributed by atoms with Crippen molar-refractivity contribution in [3.05, 3.63) is 83.6 Å². The lowest BCUT2D eigenvalue weighted by Gasteiger charge is -2.13. The summed E-state index contributed by atoms with van der Waals surface area (Å²) >= 11 is 0. The Balaban J connectivity index is 1.60. The molecule has 0 saturated carbocycles. The van der Waals surface area contributed by atoms with E-state index in [2.05, 4.69) is 16.4 Å². The number of carbonyl (C=O) groups excluding carboxylic acids is 1. The van der Waals surface area contributed by atoms with Crippen molar-refractivity contribution in [2.24, 2.45) is 0 Å². The lowest BCUT2D eigenvalue weighted by Crippen LogP contribution is -2.27. The van der Waals surface area contributed by atoms with E-state index in [0.29, 0.717) is 23.7 Å². The van der Waals surface area contributed by atoms with E-state index in [1.165, 1.54) is 0 Å². The van der Waals surface area contributed by atoms with Gasteiger partial charge in [-0.15, -0.1) is 0 Å². The van der Waals surface area contributed by atoms with E-state index in [-0.39, 0.29) is 11.8 Å². The number of ether oxygens (including phenoxy) is 2. The molecule has 0 aliphatic rings. The van der Waals surface area contributed by atoms with E-state index in [0.717, 1.165) is 16.9 Å². The van der Waals surface area contributed by atoms with Crippen LogP contribution in [0.4, 0.5) is 0 Å². The van der Waals surface area contributed by atoms with Crippen molar-refractivity contribution in [3.63, 3.8) is 0 Å². The van der Waals surface area contributed by atoms with E-state index in [1.807, 2.05) is 31.2 Å². The van der Waals surface area contributed by atoms with E-state index in [4.69, 9.17) is 14.7 Å². The number of hydrogen-bond acceptors (Lipinski definition) is 5. The van der Waals surface area contributed by atoms with Crippen LogP contribution in [0, 0.1) is 11.3 Å². The highest BCUT2D eigenvalue weighted by Crippen LogP contribution is 2.23. The molecule has 0 saturated heterocycles. The zero-order chi connectivity index (χ0) is 20.6. The SMILES string of the molecule is COc1ccc(Oc2cc(CNC(=O)C(C)c3cccc(C#N)c3)ccn2)cc1. The summed E-state index contributed by atoms with van der Waals surface area (Å²) in [6, 6.07) is 20.0. The lowest BCUT2D eigenvalue weighted by atomic mass is 9.98. The molecule has 1 heterocycles. The van der Waals surface area contributed by atoms with E-state index in [1.54, 1.807) is 49.7 Å². The summed E-state index contributed by atoms with van der Waals surface area (Å²) in [7, 11) is 1.61. The van der Waals surface area contributed by atoms with Gasteiger partial charge in [0.15, 0.2) is 0 Å². The average Bonchev–Trinajstić information content (AvgIpc) is 2.77. The Bertz CT molecular complexity index is 1030. The molecule has 3 rings (SSSR count). The number of aromatic nitrogens is 1. The Morgan fingerprint density at radius 2 is 1.90 bits per heavy atom. The van der Waals surface area contributed by atoms with Gasteiger partial charge in [-0.05, 0) is 60.5 Å². The third-order valence-electron chi connectivity index (χ3n) is 4.46. The number of benzene rings is 2. The van der Waals surface area contributed by atoms with Crippen molar-refractivity contribution in [2.75, 3.05) is 7.11 Å². The molecule has 0 radical (unpaired) electrons. The van der Waals surface area contributed by atoms with Gasteiger partial charge in [0.25, 0.3) is 0 Å². The zero-order valence-electron chi connectivity index (χ0n) is 16.3. The number of nitrogens with one attached hydrogen (secondary N) is 1. The van der Waals surface area contributed by atoms with Gasteiger partial charge in [0.05, 0.1) is 24.7 Å². The van der Waals surface area contributed by atoms with Crippen molar-refractivity contribution in [2.45, 2.75) is 19.4 Å². The van der Waals surface area contributed by atoms with Crippen LogP contribution in [-0.2, 0) is 11.3 Å². The minimum absolute atomic E-state index is 0.116. The topological polar surface area (TPSA) is 84.2 Å². The summed E-state index contributed by atoms with van der Waals surface area (Å²) in [5.74, 6) is 1.35. The minimum atomic E-state index is -0.361. The molecule has 3 aromatic rings. The van der Waals surface area contributed by atoms with Gasteiger partial charge in [0, 0.05) is 18.8 Å². The largest absolute Gasteiger partial charge is 0.497 e. The minimum Gasteiger partial charge on any atom is -0.497 e. The van der Waals surface area contributed by atoms with Crippen molar-refractivity contribution >= 4 is 5.91 Å². The van der Waals surface area contributed by atoms with Crippen molar-refractivity contribution in [3.8, 4) is 23.4 Å². The van der Waals surface area contributed by atoms with Crippen molar-refractivity contribution in [1.29, 1.82) is 5.26 Å². The molecule has 29 heavy (non-hydrogen) atoms. The molecule has 1 atom stereocenters. The Morgan fingerprint density at radius 1 is 1.14 bits per heavy atom. The molecule has 1 aromatic heterocycles. The first kappa shape index (κ1) is 19.9. The van der Waals surface area contributed by atoms with Crippen LogP contribution in [0.25, 0.3) is 0 Å². The monoisotopic (exact) mass is 387 g/mol. The Morgan fingerprint density at radius 3 is 2.62 bits per heavy atom. The second-order valence-corrected chi connectivity index (χ2v) is 6.46. The van der Waals surface area contributed by atoms with Gasteiger partial charge in [0.2, 0.25) is 11.8 Å². The molecule has 6 nitrogen and oxygen atoms in total. The molecule has 0 fully saturated rings. The molecule has 146 valence electrons. The number of carbonyl (C=O) groups is 1. The normalized spacial score (nSPS) is 11.2. The van der Waals surface area contributed by atoms with Gasteiger partial charge in [-0.25, -0.2) is 4.98 Å². The highest BCUT2D eigenvalue weighted by atomic mass is 16.5. The number of nitriles is 1. The van der Waals surface area contributed by atoms with Crippen LogP contribution < -0.4 is 14.8 Å². The van der Waals surface area contributed by atoms with Gasteiger partial charge in [-0.1, -0.05) is 12.1 Å². The van der Waals surface area contributed by atoms with Crippen molar-refractivity contribution in [1.82, 2.24) is 10.3 Å². The quantitative estimate of drug-likeness (QED) is 0.658. The fourth-order valence-electron chi connectivity index (χ4n) is 2.75. The number of hydrogen-bond donors (Lipinski definition) is 1. The summed E-state index contributed by atoms with van der Waals surface area (Å²) in [5, 5.41) is 11.9. The van der Waals surface area contributed by atoms with Gasteiger partial charge >= 0.3 is 0 Å². The molecular formula is C23H21N3O3. The second kappa shape index (κ2) is 9.38. The molecular weight excluding hydrogens is 366 g/mol. The number of amides is 1. The highest BCUT2D eigenvalue weighted by Gasteiger charge is 2.15. The fourth-order valence-corrected chi connectivity index (χ4v) is 2.75. The van der Waals surface area contributed by atoms with Gasteiger partial charge in [0.1, 0.15) is 11.5 Å². The molecule has 0 aliphatic heterocycles. The number of rotatable bonds is 7. The first-order chi connectivity index (χ1) is 14.1. The standard InChI is InChI=1S/C23H21N3O3/c1-16(19-5-3-4-17(12-19)14-24)23(27)26-15-18-10-11-25-22(13-18)29-21-8-6-20(28-2)7-9-21/h3-13,16H,15H2,1-2H3,(H,26,27). The van der Waals surface area contributed by atoms with E-state index in [9.17, 15) is 4.79 Å². The first-order valence-corrected chi connectivity index (χ1v) is 9.13. The summed E-state index contributed by atoms with van der Waals surface area (Å²) < 4.78 is 10.9. The van der Waals surface area contributed by atoms with Crippen LogP contribution in [0.5, 0.6) is 17.4 Å². The summed E-state index contributed by atoms with van der Waals surface area (Å²) in [6.07, 6.45) is 1.64. The molecule has 1 N–H and O–H groups in total. The molecule has 1 amide bonds. The fraction of sp³-hybridized carbons (Fsp3) is 0.174. The predicted octanol–water partition coefficient (Wildman–Crippen LogP) is 4.17. The third-order valence-corrected chi connectivity index (χ3v) is 4.46. The first-order valence-electron chi connectivity index (χ1n) is 9.13. The maximum atomic E-state index is 12.5. The Kier molecular flexibility index (Phi) is 6.43. The Hall–Kier alpha value is -3.85. The maximum Gasteiger partial charge on any atom is 0.227 e. The molecule has 6 heteroatoms. The van der Waals surface area contributed by atoms with Crippen LogP contribution >= 0.6 is 0 Å². The van der Waals surface area contributed by atoms with Gasteiger partial charge in [-0.3, -0.25) is 4.79 Å². The van der Waals surface area contributed by atoms with E-state index >= 15 is 0 Å². The van der Waals surface area contributed by atoms with Gasteiger partial charge in [-0.2, -0.15) is 5.26 Å². The second-order valence-electron chi connectivity index (χ2n) is 6.46. The average molecular weight is 387 g/mol. The Labute approximate surface area is 169 Å². The van der Waals surface area contributed by atoms with Gasteiger partial charge < -0.3 is 14.8 Å². The predicted molar refractivity (Wildman–Crippen MR) is 109 cm³/mol. The summed E-state index contributed by atoms with van der Waals surface area (Å²) in [6.45, 7) is 2.17. The van der Waals surface area contributed by atoms with Crippen LogP contribution in [0.3, 0.4) is 0 Å². The molecule has 1 unspecified atom stereocenters. The molecule has 0 bridgehead atoms. The number of pyridine rings is 1. The molecule has 0 spiro atoms. The summed E-state index contributed by atoms with van der Waals surface area (Å²) in [4.78, 5) is 16.7. The molecule has 0 aliphatic carbocycles. The van der Waals surface area contributed by atoms with Crippen LogP contribution in [0.2, 0.25) is 0 Å². The van der Waals surface area contributed by atoms with Crippen LogP contribution in [0.1, 0.15) is 29.5 Å². The van der Waals surface area contributed by atoms with Crippen LogP contribution in [0.15, 0.2) is 66.9 Å². The zero-order valence-corrected chi connectivity index (χ0v) is 16.3. The smallest absolute Gasteiger partial charge is 0.227 e. The molecule has 2 aromatic carbocycles. The van der Waals surface area contributed by atoms with Crippen molar-refractivity contribution < 1.29 is 14.3 Å². The summed E-state index contributed by atoms with van der Waals surface area (Å²) in [5.41, 5.74) is 2.21. The third kappa shape index (κ3) is 5.33. The maximum absolute atomic E-state index is 12.5. The number of methoxy groups -OCH3 is 1. The lowest BCUT2D eigenvalue weighted by molar-refractivity contribution is -0.122. The number of nitrogens with zero attached hydrogens (tertiary/aromatic N) is 2.